The molecule has 110 valence electrons. The Morgan fingerprint density at radius 3 is 3.00 bits per heavy atom. The van der Waals surface area contributed by atoms with Crippen molar-refractivity contribution in [1.29, 1.82) is 0 Å². The first-order valence-corrected chi connectivity index (χ1v) is 7.62. The molecule has 1 saturated carbocycles. The molecule has 0 saturated heterocycles. The molecular formula is C17H26N2O. The molecule has 2 atom stereocenters. The van der Waals surface area contributed by atoms with E-state index in [1.165, 1.54) is 17.5 Å². The lowest BCUT2D eigenvalue weighted by atomic mass is 9.76. The summed E-state index contributed by atoms with van der Waals surface area (Å²) < 4.78 is 0. The van der Waals surface area contributed by atoms with Gasteiger partial charge in [0.25, 0.3) is 0 Å². The maximum Gasteiger partial charge on any atom is 0.240 e. The molecule has 1 fully saturated rings. The number of rotatable bonds is 4. The Hall–Kier alpha value is -1.35. The van der Waals surface area contributed by atoms with Crippen LogP contribution in [0.1, 0.15) is 43.7 Å². The zero-order valence-corrected chi connectivity index (χ0v) is 12.6. The number of carbonyl (C=O) groups excluding carboxylic acids is 1. The molecule has 0 bridgehead atoms. The van der Waals surface area contributed by atoms with Crippen LogP contribution >= 0.6 is 0 Å². The fourth-order valence-electron chi connectivity index (χ4n) is 3.16. The smallest absolute Gasteiger partial charge is 0.240 e. The largest absolute Gasteiger partial charge is 0.354 e. The fraction of sp³-hybridized carbons (Fsp3) is 0.588. The zero-order chi connectivity index (χ0) is 14.6. The van der Waals surface area contributed by atoms with Crippen LogP contribution in [0.3, 0.4) is 0 Å². The van der Waals surface area contributed by atoms with E-state index in [0.29, 0.717) is 12.5 Å². The number of nitrogens with two attached hydrogens (primary N) is 1. The molecule has 20 heavy (non-hydrogen) atoms. The summed E-state index contributed by atoms with van der Waals surface area (Å²) in [6, 6.07) is 8.40. The lowest BCUT2D eigenvalue weighted by Gasteiger charge is -2.35. The van der Waals surface area contributed by atoms with Crippen LogP contribution in [-0.4, -0.2) is 18.0 Å². The highest BCUT2D eigenvalue weighted by Gasteiger charge is 2.37. The third kappa shape index (κ3) is 3.83. The van der Waals surface area contributed by atoms with Gasteiger partial charge < -0.3 is 11.1 Å². The van der Waals surface area contributed by atoms with Gasteiger partial charge in [-0.3, -0.25) is 4.79 Å². The van der Waals surface area contributed by atoms with Gasteiger partial charge in [-0.25, -0.2) is 0 Å². The average molecular weight is 274 g/mol. The molecule has 0 spiro atoms. The van der Waals surface area contributed by atoms with Gasteiger partial charge in [-0.2, -0.15) is 0 Å². The Bertz CT molecular complexity index is 472. The summed E-state index contributed by atoms with van der Waals surface area (Å²) in [7, 11) is 0. The molecule has 3 N–H and O–H groups in total. The van der Waals surface area contributed by atoms with Gasteiger partial charge in [0.1, 0.15) is 0 Å². The third-order valence-corrected chi connectivity index (χ3v) is 4.27. The lowest BCUT2D eigenvalue weighted by Crippen LogP contribution is -2.56. The van der Waals surface area contributed by atoms with Crippen molar-refractivity contribution in [2.45, 2.75) is 51.5 Å². The molecule has 1 aliphatic carbocycles. The van der Waals surface area contributed by atoms with Crippen molar-refractivity contribution in [3.05, 3.63) is 35.4 Å². The second-order valence-corrected chi connectivity index (χ2v) is 6.35. The minimum atomic E-state index is -0.649. The van der Waals surface area contributed by atoms with Crippen molar-refractivity contribution < 1.29 is 4.79 Å². The molecule has 3 heteroatoms. The quantitative estimate of drug-likeness (QED) is 0.886. The summed E-state index contributed by atoms with van der Waals surface area (Å²) >= 11 is 0. The number of amides is 1. The summed E-state index contributed by atoms with van der Waals surface area (Å²) in [6.07, 6.45) is 4.73. The summed E-state index contributed by atoms with van der Waals surface area (Å²) in [5.41, 5.74) is 8.15. The maximum atomic E-state index is 12.3. The SMILES string of the molecule is Cc1cccc(CCNC(=O)C2(N)CCCC(C)C2)c1. The third-order valence-electron chi connectivity index (χ3n) is 4.27. The van der Waals surface area contributed by atoms with Crippen LogP contribution in [0.2, 0.25) is 0 Å². The number of benzene rings is 1. The van der Waals surface area contributed by atoms with E-state index >= 15 is 0 Å². The molecule has 1 aliphatic rings. The Morgan fingerprint density at radius 1 is 1.50 bits per heavy atom. The molecule has 0 aromatic heterocycles. The molecule has 1 aromatic rings. The Balaban J connectivity index is 1.83. The summed E-state index contributed by atoms with van der Waals surface area (Å²) in [6.45, 7) is 4.93. The Labute approximate surface area is 121 Å². The predicted molar refractivity (Wildman–Crippen MR) is 82.4 cm³/mol. The standard InChI is InChI=1S/C17H26N2O/c1-13-5-3-7-15(11-13)8-10-19-16(20)17(18)9-4-6-14(2)12-17/h3,5,7,11,14H,4,6,8-10,12,18H2,1-2H3,(H,19,20). The van der Waals surface area contributed by atoms with Crippen molar-refractivity contribution in [2.24, 2.45) is 11.7 Å². The van der Waals surface area contributed by atoms with Crippen LogP contribution in [-0.2, 0) is 11.2 Å². The summed E-state index contributed by atoms with van der Waals surface area (Å²) in [5.74, 6) is 0.577. The molecule has 2 unspecified atom stereocenters. The highest BCUT2D eigenvalue weighted by Crippen LogP contribution is 2.30. The number of aryl methyl sites for hydroxylation is 1. The number of carbonyl (C=O) groups is 1. The van der Waals surface area contributed by atoms with Gasteiger partial charge in [0.2, 0.25) is 5.91 Å². The summed E-state index contributed by atoms with van der Waals surface area (Å²) in [4.78, 5) is 12.3. The number of hydrogen-bond acceptors (Lipinski definition) is 2. The van der Waals surface area contributed by atoms with Crippen molar-refractivity contribution in [1.82, 2.24) is 5.32 Å². The number of hydrogen-bond donors (Lipinski definition) is 2. The van der Waals surface area contributed by atoms with Crippen molar-refractivity contribution in [3.63, 3.8) is 0 Å². The predicted octanol–water partition coefficient (Wildman–Crippen LogP) is 2.56. The maximum absolute atomic E-state index is 12.3. The fourth-order valence-corrected chi connectivity index (χ4v) is 3.16. The molecule has 1 aromatic carbocycles. The molecule has 2 rings (SSSR count). The van der Waals surface area contributed by atoms with Crippen LogP contribution in [0, 0.1) is 12.8 Å². The van der Waals surface area contributed by atoms with Crippen molar-refractivity contribution >= 4 is 5.91 Å². The number of nitrogens with one attached hydrogen (secondary N) is 1. The Morgan fingerprint density at radius 2 is 2.30 bits per heavy atom. The van der Waals surface area contributed by atoms with E-state index in [4.69, 9.17) is 5.73 Å². The van der Waals surface area contributed by atoms with Gasteiger partial charge in [0, 0.05) is 6.54 Å². The van der Waals surface area contributed by atoms with Crippen LogP contribution in [0.4, 0.5) is 0 Å². The molecular weight excluding hydrogens is 248 g/mol. The second-order valence-electron chi connectivity index (χ2n) is 6.35. The van der Waals surface area contributed by atoms with Gasteiger partial charge in [0.15, 0.2) is 0 Å². The van der Waals surface area contributed by atoms with Crippen LogP contribution in [0.15, 0.2) is 24.3 Å². The highest BCUT2D eigenvalue weighted by atomic mass is 16.2. The Kier molecular flexibility index (Phi) is 4.81. The normalized spacial score (nSPS) is 26.2. The molecule has 0 aliphatic heterocycles. The van der Waals surface area contributed by atoms with Crippen molar-refractivity contribution in [2.75, 3.05) is 6.54 Å². The van der Waals surface area contributed by atoms with Gasteiger partial charge in [-0.05, 0) is 37.7 Å². The first-order chi connectivity index (χ1) is 9.49. The van der Waals surface area contributed by atoms with Crippen LogP contribution in [0.25, 0.3) is 0 Å². The lowest BCUT2D eigenvalue weighted by molar-refractivity contribution is -0.128. The minimum Gasteiger partial charge on any atom is -0.354 e. The van der Waals surface area contributed by atoms with E-state index in [0.717, 1.165) is 25.7 Å². The van der Waals surface area contributed by atoms with E-state index in [1.54, 1.807) is 0 Å². The van der Waals surface area contributed by atoms with Gasteiger partial charge in [0.05, 0.1) is 5.54 Å². The average Bonchev–Trinajstić information content (AvgIpc) is 2.38. The van der Waals surface area contributed by atoms with E-state index < -0.39 is 5.54 Å². The zero-order valence-electron chi connectivity index (χ0n) is 12.6. The van der Waals surface area contributed by atoms with Gasteiger partial charge >= 0.3 is 0 Å². The second kappa shape index (κ2) is 6.40. The minimum absolute atomic E-state index is 0.0247. The monoisotopic (exact) mass is 274 g/mol. The first kappa shape index (κ1) is 15.0. The van der Waals surface area contributed by atoms with E-state index in [9.17, 15) is 4.79 Å². The molecule has 0 radical (unpaired) electrons. The van der Waals surface area contributed by atoms with Crippen LogP contribution in [0.5, 0.6) is 0 Å². The molecule has 1 amide bonds. The van der Waals surface area contributed by atoms with Crippen molar-refractivity contribution in [3.8, 4) is 0 Å². The summed E-state index contributed by atoms with van der Waals surface area (Å²) in [5, 5.41) is 3.02. The van der Waals surface area contributed by atoms with E-state index in [2.05, 4.69) is 43.4 Å². The molecule has 0 heterocycles. The van der Waals surface area contributed by atoms with E-state index in [1.807, 2.05) is 0 Å². The molecule has 3 nitrogen and oxygen atoms in total. The van der Waals surface area contributed by atoms with Gasteiger partial charge in [-0.15, -0.1) is 0 Å². The first-order valence-electron chi connectivity index (χ1n) is 7.62. The highest BCUT2D eigenvalue weighted by molar-refractivity contribution is 5.86. The van der Waals surface area contributed by atoms with E-state index in [-0.39, 0.29) is 5.91 Å². The van der Waals surface area contributed by atoms with Gasteiger partial charge in [-0.1, -0.05) is 49.6 Å². The topological polar surface area (TPSA) is 55.1 Å². The van der Waals surface area contributed by atoms with Crippen LogP contribution < -0.4 is 11.1 Å².